The van der Waals surface area contributed by atoms with Gasteiger partial charge in [0.15, 0.2) is 17.1 Å². The lowest BCUT2D eigenvalue weighted by atomic mass is 9.96. The molecule has 0 bridgehead atoms. The maximum absolute atomic E-state index is 12.4. The van der Waals surface area contributed by atoms with E-state index in [9.17, 15) is 19.2 Å². The summed E-state index contributed by atoms with van der Waals surface area (Å²) in [6, 6.07) is 13.3. The number of esters is 1. The molecule has 3 aromatic rings. The second kappa shape index (κ2) is 15.0. The molecule has 0 saturated heterocycles. The van der Waals surface area contributed by atoms with Gasteiger partial charge >= 0.3 is 23.9 Å². The predicted molar refractivity (Wildman–Crippen MR) is 162 cm³/mol. The Bertz CT molecular complexity index is 1520. The van der Waals surface area contributed by atoms with E-state index in [1.54, 1.807) is 13.0 Å². The number of rotatable bonds is 12. The third kappa shape index (κ3) is 8.69. The van der Waals surface area contributed by atoms with Crippen LogP contribution in [0.15, 0.2) is 42.5 Å². The number of carboxylic acid groups (broad SMARTS) is 3. The van der Waals surface area contributed by atoms with E-state index in [1.807, 2.05) is 50.5 Å². The SMILES string of the molecule is CCOC(=O)c1cc2c(s1)-c1cc(Cl)cc(OCCCN(C)C)c1Oc1ccccc1-2.O=C(O)CC(O)(CC(=O)O)C(=O)O. The van der Waals surface area contributed by atoms with Crippen molar-refractivity contribution in [3.63, 3.8) is 0 Å². The number of carbonyl (C=O) groups excluding carboxylic acids is 1. The Hall–Kier alpha value is -4.17. The van der Waals surface area contributed by atoms with Crippen molar-refractivity contribution in [3.05, 3.63) is 52.4 Å². The van der Waals surface area contributed by atoms with Gasteiger partial charge in [-0.25, -0.2) is 9.59 Å². The van der Waals surface area contributed by atoms with Gasteiger partial charge < -0.3 is 39.5 Å². The first-order valence-electron chi connectivity index (χ1n) is 13.3. The van der Waals surface area contributed by atoms with E-state index in [0.29, 0.717) is 40.4 Å². The fraction of sp³-hybridized carbons (Fsp3) is 0.333. The Morgan fingerprint density at radius 2 is 1.64 bits per heavy atom. The molecule has 0 spiro atoms. The largest absolute Gasteiger partial charge is 0.490 e. The van der Waals surface area contributed by atoms with E-state index in [1.165, 1.54) is 11.3 Å². The van der Waals surface area contributed by atoms with Gasteiger partial charge in [-0.2, -0.15) is 0 Å². The molecule has 4 rings (SSSR count). The van der Waals surface area contributed by atoms with Crippen molar-refractivity contribution in [3.8, 4) is 38.8 Å². The van der Waals surface area contributed by atoms with E-state index in [-0.39, 0.29) is 5.97 Å². The number of aliphatic hydroxyl groups is 1. The molecule has 0 saturated carbocycles. The minimum Gasteiger partial charge on any atom is -0.490 e. The molecule has 4 N–H and O–H groups in total. The zero-order valence-corrected chi connectivity index (χ0v) is 25.7. The molecule has 0 fully saturated rings. The molecule has 2 aromatic carbocycles. The first kappa shape index (κ1) is 34.3. The van der Waals surface area contributed by atoms with Gasteiger partial charge in [-0.1, -0.05) is 29.8 Å². The third-order valence-electron chi connectivity index (χ3n) is 6.15. The van der Waals surface area contributed by atoms with Gasteiger partial charge in [0.25, 0.3) is 0 Å². The summed E-state index contributed by atoms with van der Waals surface area (Å²) in [6.07, 6.45) is -1.41. The molecule has 236 valence electrons. The molecule has 0 unspecified atom stereocenters. The van der Waals surface area contributed by atoms with Gasteiger partial charge in [-0.3, -0.25) is 9.59 Å². The fourth-order valence-electron chi connectivity index (χ4n) is 4.21. The van der Waals surface area contributed by atoms with Gasteiger partial charge in [0.1, 0.15) is 10.6 Å². The van der Waals surface area contributed by atoms with Crippen LogP contribution in [-0.2, 0) is 19.1 Å². The van der Waals surface area contributed by atoms with Crippen LogP contribution in [0.5, 0.6) is 17.2 Å². The second-order valence-corrected chi connectivity index (χ2v) is 11.4. The van der Waals surface area contributed by atoms with Crippen LogP contribution in [0, 0.1) is 0 Å². The summed E-state index contributed by atoms with van der Waals surface area (Å²) in [6.45, 7) is 3.59. The van der Waals surface area contributed by atoms with Gasteiger partial charge in [0, 0.05) is 39.2 Å². The third-order valence-corrected chi connectivity index (χ3v) is 7.52. The molecule has 0 atom stereocenters. The summed E-state index contributed by atoms with van der Waals surface area (Å²) in [4.78, 5) is 46.5. The number of hydrogen-bond donors (Lipinski definition) is 4. The highest BCUT2D eigenvalue weighted by molar-refractivity contribution is 7.18. The number of carboxylic acids is 3. The molecule has 1 aromatic heterocycles. The average Bonchev–Trinajstić information content (AvgIpc) is 3.32. The lowest BCUT2D eigenvalue weighted by Crippen LogP contribution is -2.42. The molecular weight excluding hydrogens is 618 g/mol. The van der Waals surface area contributed by atoms with Crippen molar-refractivity contribution in [2.45, 2.75) is 31.8 Å². The molecule has 1 aliphatic heterocycles. The van der Waals surface area contributed by atoms with Crippen LogP contribution in [0.3, 0.4) is 0 Å². The van der Waals surface area contributed by atoms with Crippen molar-refractivity contribution in [2.75, 3.05) is 33.9 Å². The minimum atomic E-state index is -2.74. The van der Waals surface area contributed by atoms with Crippen LogP contribution in [0.2, 0.25) is 5.02 Å². The maximum atomic E-state index is 12.4. The zero-order valence-electron chi connectivity index (χ0n) is 24.2. The number of aliphatic carboxylic acids is 3. The second-order valence-electron chi connectivity index (χ2n) is 9.94. The Labute approximate surface area is 262 Å². The lowest BCUT2D eigenvalue weighted by Gasteiger charge is -2.18. The Balaban J connectivity index is 0.000000345. The van der Waals surface area contributed by atoms with Crippen LogP contribution in [-0.4, -0.2) is 88.7 Å². The molecule has 0 aliphatic carbocycles. The highest BCUT2D eigenvalue weighted by Crippen LogP contribution is 2.53. The Morgan fingerprint density at radius 1 is 0.977 bits per heavy atom. The molecule has 1 aliphatic rings. The monoisotopic (exact) mass is 649 g/mol. The van der Waals surface area contributed by atoms with E-state index in [2.05, 4.69) is 4.90 Å². The van der Waals surface area contributed by atoms with Crippen molar-refractivity contribution in [1.82, 2.24) is 4.90 Å². The molecule has 14 heteroatoms. The van der Waals surface area contributed by atoms with Gasteiger partial charge in [-0.05, 0) is 45.6 Å². The molecule has 0 radical (unpaired) electrons. The number of halogens is 1. The van der Waals surface area contributed by atoms with Crippen molar-refractivity contribution in [2.24, 2.45) is 0 Å². The van der Waals surface area contributed by atoms with Crippen LogP contribution < -0.4 is 9.47 Å². The van der Waals surface area contributed by atoms with Crippen molar-refractivity contribution >= 4 is 46.8 Å². The quantitative estimate of drug-likeness (QED) is 0.118. The molecule has 0 amide bonds. The smallest absolute Gasteiger partial charge is 0.348 e. The topological polar surface area (TPSA) is 180 Å². The average molecular weight is 650 g/mol. The van der Waals surface area contributed by atoms with Crippen molar-refractivity contribution < 1.29 is 53.8 Å². The van der Waals surface area contributed by atoms with E-state index in [0.717, 1.165) is 34.5 Å². The minimum absolute atomic E-state index is 0.328. The van der Waals surface area contributed by atoms with E-state index in [4.69, 9.17) is 46.2 Å². The summed E-state index contributed by atoms with van der Waals surface area (Å²) in [5.41, 5.74) is -0.0993. The summed E-state index contributed by atoms with van der Waals surface area (Å²) in [5, 5.41) is 34.4. The molecular formula is C30H32ClNO11S. The van der Waals surface area contributed by atoms with Gasteiger partial charge in [0.05, 0.1) is 26.1 Å². The van der Waals surface area contributed by atoms with Crippen LogP contribution in [0.1, 0.15) is 35.9 Å². The number of fused-ring (bicyclic) bond motifs is 5. The first-order valence-corrected chi connectivity index (χ1v) is 14.5. The number of benzene rings is 2. The van der Waals surface area contributed by atoms with E-state index >= 15 is 0 Å². The van der Waals surface area contributed by atoms with Gasteiger partial charge in [0.2, 0.25) is 0 Å². The first-order chi connectivity index (χ1) is 20.7. The maximum Gasteiger partial charge on any atom is 0.348 e. The Morgan fingerprint density at radius 3 is 2.23 bits per heavy atom. The number of ether oxygens (including phenoxy) is 3. The summed E-state index contributed by atoms with van der Waals surface area (Å²) < 4.78 is 17.7. The predicted octanol–water partition coefficient (Wildman–Crippen LogP) is 5.10. The highest BCUT2D eigenvalue weighted by atomic mass is 35.5. The van der Waals surface area contributed by atoms with Crippen molar-refractivity contribution in [1.29, 1.82) is 0 Å². The number of para-hydroxylation sites is 1. The standard InChI is InChI=1S/C24H24ClNO4S.C6H8O7/c1-4-28-24(27)21-14-17-16-8-5-6-9-19(16)30-22-18(23(17)31-21)12-15(25)13-20(22)29-11-7-10-26(2)3;7-3(8)1-6(13,5(11)12)2-4(9)10/h5-6,8-9,12-14H,4,7,10-11H2,1-3H3;13H,1-2H2,(H,7,8)(H,9,10)(H,11,12). The summed E-state index contributed by atoms with van der Waals surface area (Å²) in [5.74, 6) is -3.44. The lowest BCUT2D eigenvalue weighted by molar-refractivity contribution is -0.170. The number of hydrogen-bond acceptors (Lipinski definition) is 10. The number of nitrogens with zero attached hydrogens (tertiary/aromatic N) is 1. The van der Waals surface area contributed by atoms with Gasteiger partial charge in [-0.15, -0.1) is 11.3 Å². The van der Waals surface area contributed by atoms with Crippen LogP contribution in [0.4, 0.5) is 0 Å². The zero-order chi connectivity index (χ0) is 32.6. The summed E-state index contributed by atoms with van der Waals surface area (Å²) in [7, 11) is 4.07. The van der Waals surface area contributed by atoms with E-state index < -0.39 is 36.4 Å². The molecule has 44 heavy (non-hydrogen) atoms. The molecule has 2 heterocycles. The normalized spacial score (nSPS) is 11.5. The molecule has 12 nitrogen and oxygen atoms in total. The number of thiophene rings is 1. The number of carbonyl (C=O) groups is 4. The highest BCUT2D eigenvalue weighted by Gasteiger charge is 2.40. The van der Waals surface area contributed by atoms with Crippen LogP contribution >= 0.6 is 22.9 Å². The Kier molecular flexibility index (Phi) is 11.7. The fourth-order valence-corrected chi connectivity index (χ4v) is 5.50. The van der Waals surface area contributed by atoms with Crippen LogP contribution in [0.25, 0.3) is 21.6 Å². The summed E-state index contributed by atoms with van der Waals surface area (Å²) >= 11 is 7.84.